The van der Waals surface area contributed by atoms with Crippen LogP contribution in [0.2, 0.25) is 0 Å². The second kappa shape index (κ2) is 10.3. The van der Waals surface area contributed by atoms with E-state index in [1.807, 2.05) is 12.1 Å². The van der Waals surface area contributed by atoms with E-state index in [0.717, 1.165) is 38.1 Å². The summed E-state index contributed by atoms with van der Waals surface area (Å²) in [4.78, 5) is 25.5. The topological polar surface area (TPSA) is 85.0 Å². The summed E-state index contributed by atoms with van der Waals surface area (Å²) in [6.07, 6.45) is 9.42. The lowest BCUT2D eigenvalue weighted by atomic mass is 9.97. The standard InChI is InChI=1S/C20H29N3O4/c24-19(21-9-8-16-5-2-1-3-6-16)20(25)22-15-17(18-7-4-12-27-18)23-10-13-26-14-11-23/h4-5,7,12,17H,1-3,6,8-11,13-15H2,(H,21,24)(H,22,25)/p+1/t17-/m0/s1. The fourth-order valence-electron chi connectivity index (χ4n) is 3.74. The highest BCUT2D eigenvalue weighted by Crippen LogP contribution is 2.19. The smallest absolute Gasteiger partial charge is 0.309 e. The van der Waals surface area contributed by atoms with Gasteiger partial charge in [-0.3, -0.25) is 9.59 Å². The van der Waals surface area contributed by atoms with Gasteiger partial charge in [0.1, 0.15) is 13.1 Å². The Morgan fingerprint density at radius 2 is 1.96 bits per heavy atom. The molecule has 2 heterocycles. The monoisotopic (exact) mass is 376 g/mol. The second-order valence-corrected chi connectivity index (χ2v) is 7.16. The molecule has 1 fully saturated rings. The third-order valence-electron chi connectivity index (χ3n) is 5.30. The molecule has 1 aromatic rings. The van der Waals surface area contributed by atoms with Crippen molar-refractivity contribution in [1.29, 1.82) is 0 Å². The van der Waals surface area contributed by atoms with Crippen LogP contribution in [0.1, 0.15) is 43.9 Å². The third-order valence-corrected chi connectivity index (χ3v) is 5.30. The Kier molecular flexibility index (Phi) is 7.47. The SMILES string of the molecule is O=C(NCCC1=CCCCC1)C(=O)NC[C@@H](c1ccco1)[NH+]1CCOCC1. The molecule has 1 aliphatic heterocycles. The number of hydrogen-bond acceptors (Lipinski definition) is 4. The molecule has 1 aromatic heterocycles. The van der Waals surface area contributed by atoms with Gasteiger partial charge >= 0.3 is 11.8 Å². The molecule has 0 saturated carbocycles. The van der Waals surface area contributed by atoms with Gasteiger partial charge in [0, 0.05) is 6.54 Å². The predicted molar refractivity (Wildman–Crippen MR) is 100 cm³/mol. The first-order valence-corrected chi connectivity index (χ1v) is 9.93. The van der Waals surface area contributed by atoms with Crippen molar-refractivity contribution in [3.63, 3.8) is 0 Å². The predicted octanol–water partition coefficient (Wildman–Crippen LogP) is 0.359. The van der Waals surface area contributed by atoms with E-state index in [9.17, 15) is 9.59 Å². The molecule has 148 valence electrons. The van der Waals surface area contributed by atoms with E-state index < -0.39 is 11.8 Å². The maximum absolute atomic E-state index is 12.2. The number of rotatable bonds is 7. The number of allylic oxidation sites excluding steroid dienone is 1. The number of morpholine rings is 1. The van der Waals surface area contributed by atoms with Crippen molar-refractivity contribution in [3.8, 4) is 0 Å². The number of furan rings is 1. The maximum atomic E-state index is 12.2. The Balaban J connectivity index is 1.45. The largest absolute Gasteiger partial charge is 0.463 e. The van der Waals surface area contributed by atoms with Crippen LogP contribution in [-0.4, -0.2) is 51.2 Å². The molecule has 0 bridgehead atoms. The van der Waals surface area contributed by atoms with E-state index in [-0.39, 0.29) is 6.04 Å². The van der Waals surface area contributed by atoms with Gasteiger partial charge < -0.3 is 24.7 Å². The number of carbonyl (C=O) groups is 2. The maximum Gasteiger partial charge on any atom is 0.309 e. The summed E-state index contributed by atoms with van der Waals surface area (Å²) in [6, 6.07) is 3.74. The van der Waals surface area contributed by atoms with Gasteiger partial charge in [0.2, 0.25) is 0 Å². The lowest BCUT2D eigenvalue weighted by Gasteiger charge is -2.30. The van der Waals surface area contributed by atoms with Crippen LogP contribution >= 0.6 is 0 Å². The molecule has 3 N–H and O–H groups in total. The molecule has 1 saturated heterocycles. The molecular formula is C20H30N3O4+. The number of quaternary nitrogens is 1. The molecule has 1 aliphatic carbocycles. The molecule has 2 amide bonds. The minimum absolute atomic E-state index is 0.0203. The number of hydrogen-bond donors (Lipinski definition) is 3. The van der Waals surface area contributed by atoms with Crippen LogP contribution in [0.3, 0.4) is 0 Å². The van der Waals surface area contributed by atoms with Crippen LogP contribution in [0.25, 0.3) is 0 Å². The van der Waals surface area contributed by atoms with E-state index in [1.165, 1.54) is 23.3 Å². The summed E-state index contributed by atoms with van der Waals surface area (Å²) in [7, 11) is 0. The highest BCUT2D eigenvalue weighted by Gasteiger charge is 2.29. The Hall–Kier alpha value is -2.12. The highest BCUT2D eigenvalue weighted by atomic mass is 16.5. The van der Waals surface area contributed by atoms with Crippen molar-refractivity contribution in [1.82, 2.24) is 10.6 Å². The molecule has 7 nitrogen and oxygen atoms in total. The third kappa shape index (κ3) is 5.94. The Morgan fingerprint density at radius 3 is 2.67 bits per heavy atom. The number of ether oxygens (including phenoxy) is 1. The summed E-state index contributed by atoms with van der Waals surface area (Å²) in [5.74, 6) is -0.338. The van der Waals surface area contributed by atoms with Crippen LogP contribution in [-0.2, 0) is 14.3 Å². The van der Waals surface area contributed by atoms with Gasteiger partial charge in [-0.1, -0.05) is 11.6 Å². The van der Waals surface area contributed by atoms with E-state index >= 15 is 0 Å². The Morgan fingerprint density at radius 1 is 1.15 bits per heavy atom. The number of nitrogens with one attached hydrogen (secondary N) is 3. The van der Waals surface area contributed by atoms with Crippen LogP contribution in [0.4, 0.5) is 0 Å². The van der Waals surface area contributed by atoms with Crippen LogP contribution in [0, 0.1) is 0 Å². The molecular weight excluding hydrogens is 346 g/mol. The number of carbonyl (C=O) groups excluding carboxylic acids is 2. The first kappa shape index (κ1) is 19.6. The highest BCUT2D eigenvalue weighted by molar-refractivity contribution is 6.35. The van der Waals surface area contributed by atoms with Gasteiger partial charge in [-0.25, -0.2) is 0 Å². The molecule has 0 aromatic carbocycles. The molecule has 7 heteroatoms. The van der Waals surface area contributed by atoms with Crippen LogP contribution in [0.15, 0.2) is 34.5 Å². The summed E-state index contributed by atoms with van der Waals surface area (Å²) in [5.41, 5.74) is 1.38. The van der Waals surface area contributed by atoms with Gasteiger partial charge in [0.25, 0.3) is 0 Å². The summed E-state index contributed by atoms with van der Waals surface area (Å²) in [5, 5.41) is 5.50. The second-order valence-electron chi connectivity index (χ2n) is 7.16. The van der Waals surface area contributed by atoms with Gasteiger partial charge in [-0.05, 0) is 44.2 Å². The molecule has 2 aliphatic rings. The zero-order chi connectivity index (χ0) is 18.9. The Labute approximate surface area is 160 Å². The van der Waals surface area contributed by atoms with Crippen molar-refractivity contribution in [2.45, 2.75) is 38.1 Å². The molecule has 0 unspecified atom stereocenters. The molecule has 0 radical (unpaired) electrons. The zero-order valence-electron chi connectivity index (χ0n) is 15.8. The van der Waals surface area contributed by atoms with Gasteiger partial charge in [-0.2, -0.15) is 0 Å². The summed E-state index contributed by atoms with van der Waals surface area (Å²) in [6.45, 7) is 3.95. The van der Waals surface area contributed by atoms with Gasteiger partial charge in [0.15, 0.2) is 11.8 Å². The fraction of sp³-hybridized carbons (Fsp3) is 0.600. The molecule has 0 spiro atoms. The molecule has 3 rings (SSSR count). The van der Waals surface area contributed by atoms with Crippen molar-refractivity contribution < 1.29 is 23.6 Å². The van der Waals surface area contributed by atoms with Crippen molar-refractivity contribution in [2.24, 2.45) is 0 Å². The van der Waals surface area contributed by atoms with Crippen molar-refractivity contribution >= 4 is 11.8 Å². The van der Waals surface area contributed by atoms with Crippen molar-refractivity contribution in [3.05, 3.63) is 35.8 Å². The lowest BCUT2D eigenvalue weighted by Crippen LogP contribution is -3.15. The first-order valence-electron chi connectivity index (χ1n) is 9.93. The van der Waals surface area contributed by atoms with Crippen LogP contribution < -0.4 is 15.5 Å². The zero-order valence-corrected chi connectivity index (χ0v) is 15.8. The van der Waals surface area contributed by atoms with Gasteiger partial charge in [-0.15, -0.1) is 0 Å². The van der Waals surface area contributed by atoms with Gasteiger partial charge in [0.05, 0.1) is 26.0 Å². The first-order chi connectivity index (χ1) is 13.2. The summed E-state index contributed by atoms with van der Waals surface area (Å²) < 4.78 is 11.0. The minimum atomic E-state index is -0.586. The molecule has 1 atom stereocenters. The van der Waals surface area contributed by atoms with E-state index in [0.29, 0.717) is 26.3 Å². The van der Waals surface area contributed by atoms with E-state index in [4.69, 9.17) is 9.15 Å². The van der Waals surface area contributed by atoms with E-state index in [2.05, 4.69) is 16.7 Å². The normalized spacial score (nSPS) is 19.2. The minimum Gasteiger partial charge on any atom is -0.463 e. The van der Waals surface area contributed by atoms with Crippen molar-refractivity contribution in [2.75, 3.05) is 39.4 Å². The average molecular weight is 376 g/mol. The average Bonchev–Trinajstić information content (AvgIpc) is 3.24. The fourth-order valence-corrected chi connectivity index (χ4v) is 3.74. The van der Waals surface area contributed by atoms with Crippen LogP contribution in [0.5, 0.6) is 0 Å². The summed E-state index contributed by atoms with van der Waals surface area (Å²) >= 11 is 0. The Bertz CT molecular complexity index is 636. The van der Waals surface area contributed by atoms with E-state index in [1.54, 1.807) is 6.26 Å². The number of amides is 2. The quantitative estimate of drug-likeness (QED) is 0.474. The molecule has 27 heavy (non-hydrogen) atoms. The lowest BCUT2D eigenvalue weighted by molar-refractivity contribution is -0.938.